The number of rotatable bonds is 6. The number of hydrogen-bond acceptors (Lipinski definition) is 6. The zero-order chi connectivity index (χ0) is 22.7. The maximum Gasteiger partial charge on any atom is 0.335 e. The molecule has 0 unspecified atom stereocenters. The molecule has 1 aliphatic heterocycles. The standard InChI is InChI=1S/C23H24N4O4S/c1-17-6-2-3-7-21(17)32(30,31)25-19-16-18(23(28)29)9-10-20(19)26-12-14-27(15-13-26)22-8-4-5-11-24-22/h2-11,16,25H,12-15H2,1H3,(H,28,29). The second kappa shape index (κ2) is 8.88. The van der Waals surface area contributed by atoms with Crippen molar-refractivity contribution in [3.8, 4) is 0 Å². The third kappa shape index (κ3) is 4.52. The molecule has 1 saturated heterocycles. The van der Waals surface area contributed by atoms with Gasteiger partial charge in [0.2, 0.25) is 0 Å². The lowest BCUT2D eigenvalue weighted by atomic mass is 10.1. The Morgan fingerprint density at radius 2 is 1.66 bits per heavy atom. The molecule has 4 rings (SSSR count). The number of nitrogens with zero attached hydrogens (tertiary/aromatic N) is 3. The lowest BCUT2D eigenvalue weighted by Gasteiger charge is -2.37. The Bertz CT molecular complexity index is 1220. The second-order valence-electron chi connectivity index (χ2n) is 7.57. The van der Waals surface area contributed by atoms with Gasteiger partial charge in [0.05, 0.1) is 21.8 Å². The van der Waals surface area contributed by atoms with Crippen molar-refractivity contribution in [3.05, 3.63) is 78.0 Å². The van der Waals surface area contributed by atoms with Gasteiger partial charge in [-0.25, -0.2) is 18.2 Å². The highest BCUT2D eigenvalue weighted by Crippen LogP contribution is 2.31. The lowest BCUT2D eigenvalue weighted by molar-refractivity contribution is 0.0697. The third-order valence-electron chi connectivity index (χ3n) is 5.46. The van der Waals surface area contributed by atoms with E-state index in [0.717, 1.165) is 5.82 Å². The first-order chi connectivity index (χ1) is 15.3. The molecule has 0 bridgehead atoms. The van der Waals surface area contributed by atoms with Gasteiger partial charge >= 0.3 is 5.97 Å². The smallest absolute Gasteiger partial charge is 0.335 e. The minimum Gasteiger partial charge on any atom is -0.478 e. The Morgan fingerprint density at radius 1 is 0.969 bits per heavy atom. The number of nitrogens with one attached hydrogen (secondary N) is 1. The molecule has 0 aliphatic carbocycles. The third-order valence-corrected chi connectivity index (χ3v) is 6.99. The minimum absolute atomic E-state index is 0.0170. The van der Waals surface area contributed by atoms with E-state index in [-0.39, 0.29) is 16.1 Å². The van der Waals surface area contributed by atoms with E-state index in [0.29, 0.717) is 37.4 Å². The summed E-state index contributed by atoms with van der Waals surface area (Å²) in [5.41, 5.74) is 1.52. The molecule has 2 aromatic carbocycles. The van der Waals surface area contributed by atoms with Gasteiger partial charge in [-0.2, -0.15) is 0 Å². The van der Waals surface area contributed by atoms with E-state index >= 15 is 0 Å². The van der Waals surface area contributed by atoms with Crippen LogP contribution in [0.25, 0.3) is 0 Å². The summed E-state index contributed by atoms with van der Waals surface area (Å²) < 4.78 is 28.8. The van der Waals surface area contributed by atoms with Crippen LogP contribution in [0.1, 0.15) is 15.9 Å². The first-order valence-electron chi connectivity index (χ1n) is 10.2. The van der Waals surface area contributed by atoms with Gasteiger partial charge in [0, 0.05) is 32.4 Å². The molecule has 0 radical (unpaired) electrons. The van der Waals surface area contributed by atoms with Gasteiger partial charge < -0.3 is 14.9 Å². The number of aromatic nitrogens is 1. The van der Waals surface area contributed by atoms with E-state index in [1.807, 2.05) is 18.2 Å². The highest BCUT2D eigenvalue weighted by atomic mass is 32.2. The molecule has 1 fully saturated rings. The molecule has 0 amide bonds. The molecule has 1 aliphatic rings. The van der Waals surface area contributed by atoms with Gasteiger partial charge in [0.15, 0.2) is 0 Å². The molecular weight excluding hydrogens is 428 g/mol. The van der Waals surface area contributed by atoms with Crippen LogP contribution in [0.15, 0.2) is 71.8 Å². The van der Waals surface area contributed by atoms with Crippen LogP contribution in [0, 0.1) is 6.92 Å². The summed E-state index contributed by atoms with van der Waals surface area (Å²) in [4.78, 5) is 20.3. The van der Waals surface area contributed by atoms with Gasteiger partial charge in [-0.3, -0.25) is 4.72 Å². The maximum absolute atomic E-state index is 13.1. The molecule has 32 heavy (non-hydrogen) atoms. The van der Waals surface area contributed by atoms with Gasteiger partial charge in [-0.05, 0) is 48.9 Å². The fraction of sp³-hybridized carbons (Fsp3) is 0.217. The summed E-state index contributed by atoms with van der Waals surface area (Å²) in [6.07, 6.45) is 1.75. The number of piperazine rings is 1. The van der Waals surface area contributed by atoms with E-state index in [9.17, 15) is 18.3 Å². The average molecular weight is 453 g/mol. The fourth-order valence-corrected chi connectivity index (χ4v) is 5.11. The molecule has 0 spiro atoms. The maximum atomic E-state index is 13.1. The molecule has 2 N–H and O–H groups in total. The molecule has 9 heteroatoms. The molecule has 1 aromatic heterocycles. The van der Waals surface area contributed by atoms with Crippen molar-refractivity contribution in [1.29, 1.82) is 0 Å². The number of pyridine rings is 1. The number of hydrogen-bond donors (Lipinski definition) is 2. The van der Waals surface area contributed by atoms with Crippen molar-refractivity contribution in [2.75, 3.05) is 40.7 Å². The van der Waals surface area contributed by atoms with Crippen LogP contribution < -0.4 is 14.5 Å². The Kier molecular flexibility index (Phi) is 6.00. The predicted octanol–water partition coefficient (Wildman–Crippen LogP) is 3.22. The zero-order valence-electron chi connectivity index (χ0n) is 17.6. The molecule has 0 saturated carbocycles. The van der Waals surface area contributed by atoms with Gasteiger partial charge in [0.1, 0.15) is 5.82 Å². The van der Waals surface area contributed by atoms with E-state index < -0.39 is 16.0 Å². The van der Waals surface area contributed by atoms with Crippen molar-refractivity contribution in [3.63, 3.8) is 0 Å². The number of carboxylic acids is 1. The fourth-order valence-electron chi connectivity index (χ4n) is 3.80. The van der Waals surface area contributed by atoms with Crippen LogP contribution >= 0.6 is 0 Å². The summed E-state index contributed by atoms with van der Waals surface area (Å²) in [6, 6.07) is 17.0. The molecule has 3 aromatic rings. The predicted molar refractivity (Wildman–Crippen MR) is 124 cm³/mol. The molecule has 8 nitrogen and oxygen atoms in total. The van der Waals surface area contributed by atoms with Crippen LogP contribution in [0.3, 0.4) is 0 Å². The van der Waals surface area contributed by atoms with Crippen LogP contribution in [0.4, 0.5) is 17.2 Å². The number of aromatic carboxylic acids is 1. The largest absolute Gasteiger partial charge is 0.478 e. The van der Waals surface area contributed by atoms with Gasteiger partial charge in [0.25, 0.3) is 10.0 Å². The minimum atomic E-state index is -3.89. The van der Waals surface area contributed by atoms with Crippen LogP contribution in [0.2, 0.25) is 0 Å². The molecule has 166 valence electrons. The quantitative estimate of drug-likeness (QED) is 0.592. The monoisotopic (exact) mass is 452 g/mol. The van der Waals surface area contributed by atoms with Gasteiger partial charge in [-0.15, -0.1) is 0 Å². The summed E-state index contributed by atoms with van der Waals surface area (Å²) in [7, 11) is -3.89. The van der Waals surface area contributed by atoms with Crippen molar-refractivity contribution in [2.45, 2.75) is 11.8 Å². The summed E-state index contributed by atoms with van der Waals surface area (Å²) in [5, 5.41) is 9.43. The topological polar surface area (TPSA) is 103 Å². The Morgan fingerprint density at radius 3 is 2.31 bits per heavy atom. The van der Waals surface area contributed by atoms with Crippen molar-refractivity contribution < 1.29 is 18.3 Å². The molecular formula is C23H24N4O4S. The van der Waals surface area contributed by atoms with Crippen LogP contribution in [0.5, 0.6) is 0 Å². The van der Waals surface area contributed by atoms with E-state index in [4.69, 9.17) is 0 Å². The second-order valence-corrected chi connectivity index (χ2v) is 9.22. The number of carbonyl (C=O) groups is 1. The van der Waals surface area contributed by atoms with E-state index in [1.54, 1.807) is 37.4 Å². The highest BCUT2D eigenvalue weighted by molar-refractivity contribution is 7.92. The number of anilines is 3. The Labute approximate surface area is 187 Å². The van der Waals surface area contributed by atoms with E-state index in [2.05, 4.69) is 19.5 Å². The van der Waals surface area contributed by atoms with Crippen molar-refractivity contribution >= 4 is 33.2 Å². The summed E-state index contributed by atoms with van der Waals surface area (Å²) >= 11 is 0. The van der Waals surface area contributed by atoms with Gasteiger partial charge in [-0.1, -0.05) is 24.3 Å². The molecule has 0 atom stereocenters. The SMILES string of the molecule is Cc1ccccc1S(=O)(=O)Nc1cc(C(=O)O)ccc1N1CCN(c2ccccn2)CC1. The first-order valence-corrected chi connectivity index (χ1v) is 11.7. The highest BCUT2D eigenvalue weighted by Gasteiger charge is 2.24. The summed E-state index contributed by atoms with van der Waals surface area (Å²) in [6.45, 7) is 4.42. The number of aryl methyl sites for hydroxylation is 1. The van der Waals surface area contributed by atoms with Crippen molar-refractivity contribution in [1.82, 2.24) is 4.98 Å². The Hall–Kier alpha value is -3.59. The number of benzene rings is 2. The van der Waals surface area contributed by atoms with E-state index in [1.165, 1.54) is 18.2 Å². The van der Waals surface area contributed by atoms with Crippen molar-refractivity contribution in [2.24, 2.45) is 0 Å². The molecule has 2 heterocycles. The van der Waals surface area contributed by atoms with Crippen LogP contribution in [-0.2, 0) is 10.0 Å². The number of sulfonamides is 1. The zero-order valence-corrected chi connectivity index (χ0v) is 18.4. The normalized spacial score (nSPS) is 14.3. The average Bonchev–Trinajstić information content (AvgIpc) is 2.79. The lowest BCUT2D eigenvalue weighted by Crippen LogP contribution is -2.47. The summed E-state index contributed by atoms with van der Waals surface area (Å²) in [5.74, 6) is -0.221. The first kappa shape index (κ1) is 21.6. The number of carboxylic acid groups (broad SMARTS) is 1. The Balaban J connectivity index is 1.62. The van der Waals surface area contributed by atoms with Crippen LogP contribution in [-0.4, -0.2) is 50.7 Å².